The number of aryl methyl sites for hydroxylation is 1. The van der Waals surface area contributed by atoms with Gasteiger partial charge in [-0.2, -0.15) is 0 Å². The van der Waals surface area contributed by atoms with Crippen molar-refractivity contribution < 1.29 is 4.79 Å². The first-order chi connectivity index (χ1) is 8.13. The Bertz CT molecular complexity index is 563. The van der Waals surface area contributed by atoms with Crippen LogP contribution >= 0.6 is 11.6 Å². The molecule has 4 nitrogen and oxygen atoms in total. The number of alkyl halides is 1. The van der Waals surface area contributed by atoms with Crippen molar-refractivity contribution in [2.45, 2.75) is 19.7 Å². The first kappa shape index (κ1) is 11.8. The molecule has 0 aliphatic carbocycles. The smallest absolute Gasteiger partial charge is 0.159 e. The minimum Gasteiger partial charge on any atom is -0.295 e. The number of hydrogen-bond donors (Lipinski definition) is 0. The second kappa shape index (κ2) is 4.67. The lowest BCUT2D eigenvalue weighted by molar-refractivity contribution is 0.101. The fraction of sp³-hybridized carbons (Fsp3) is 0.250. The maximum absolute atomic E-state index is 11.3. The molecule has 2 rings (SSSR count). The molecule has 0 atom stereocenters. The normalized spacial score (nSPS) is 10.5. The molecule has 0 bridgehead atoms. The molecule has 17 heavy (non-hydrogen) atoms. The van der Waals surface area contributed by atoms with Crippen molar-refractivity contribution >= 4 is 17.4 Å². The molecular weight excluding hydrogens is 238 g/mol. The Hall–Kier alpha value is -1.68. The zero-order valence-electron chi connectivity index (χ0n) is 9.64. The van der Waals surface area contributed by atoms with Crippen LogP contribution in [-0.4, -0.2) is 20.5 Å². The molecule has 0 spiro atoms. The lowest BCUT2D eigenvalue weighted by atomic mass is 10.1. The number of carbonyl (C=O) groups excluding carboxylic acids is 1. The van der Waals surface area contributed by atoms with Crippen molar-refractivity contribution in [2.24, 2.45) is 0 Å². The van der Waals surface area contributed by atoms with Crippen LogP contribution in [0, 0.1) is 6.92 Å². The number of aromatic nitrogens is 3. The number of halogens is 1. The van der Waals surface area contributed by atoms with Gasteiger partial charge in [0.25, 0.3) is 0 Å². The van der Waals surface area contributed by atoms with Crippen molar-refractivity contribution in [3.63, 3.8) is 0 Å². The Kier molecular flexibility index (Phi) is 3.24. The summed E-state index contributed by atoms with van der Waals surface area (Å²) >= 11 is 5.81. The molecule has 0 aliphatic heterocycles. The van der Waals surface area contributed by atoms with Gasteiger partial charge in [0.2, 0.25) is 0 Å². The predicted molar refractivity (Wildman–Crippen MR) is 65.7 cm³/mol. The van der Waals surface area contributed by atoms with Gasteiger partial charge in [0.15, 0.2) is 11.6 Å². The fourth-order valence-electron chi connectivity index (χ4n) is 1.69. The van der Waals surface area contributed by atoms with Crippen LogP contribution in [0.4, 0.5) is 0 Å². The summed E-state index contributed by atoms with van der Waals surface area (Å²) in [5.74, 6) is 1.74. The number of nitrogens with zero attached hydrogens (tertiary/aromatic N) is 3. The van der Waals surface area contributed by atoms with Crippen LogP contribution < -0.4 is 0 Å². The predicted octanol–water partition coefficient (Wildman–Crippen LogP) is 2.52. The molecule has 0 fully saturated rings. The summed E-state index contributed by atoms with van der Waals surface area (Å²) in [6.45, 7) is 3.39. The van der Waals surface area contributed by atoms with Gasteiger partial charge in [-0.3, -0.25) is 9.36 Å². The van der Waals surface area contributed by atoms with Gasteiger partial charge in [-0.1, -0.05) is 12.1 Å². The molecule has 0 saturated heterocycles. The van der Waals surface area contributed by atoms with Crippen molar-refractivity contribution in [1.29, 1.82) is 0 Å². The highest BCUT2D eigenvalue weighted by Crippen LogP contribution is 2.16. The number of carbonyl (C=O) groups is 1. The Balaban J connectivity index is 2.56. The molecule has 0 saturated carbocycles. The maximum Gasteiger partial charge on any atom is 0.159 e. The van der Waals surface area contributed by atoms with Gasteiger partial charge in [0.05, 0.1) is 5.88 Å². The number of Topliss-reactive ketones (excluding diaryl/α,β-unsaturated/α-hetero) is 1. The summed E-state index contributed by atoms with van der Waals surface area (Å²) in [7, 11) is 0. The lowest BCUT2D eigenvalue weighted by Crippen LogP contribution is -2.03. The summed E-state index contributed by atoms with van der Waals surface area (Å²) in [6.07, 6.45) is 0. The summed E-state index contributed by atoms with van der Waals surface area (Å²) in [5.41, 5.74) is 1.52. The highest BCUT2D eigenvalue weighted by molar-refractivity contribution is 6.16. The average Bonchev–Trinajstić information content (AvgIpc) is 2.70. The number of rotatable bonds is 3. The van der Waals surface area contributed by atoms with Crippen molar-refractivity contribution in [2.75, 3.05) is 0 Å². The summed E-state index contributed by atoms with van der Waals surface area (Å²) in [4.78, 5) is 11.3. The Morgan fingerprint density at radius 1 is 1.41 bits per heavy atom. The highest BCUT2D eigenvalue weighted by Gasteiger charge is 2.10. The second-order valence-corrected chi connectivity index (χ2v) is 4.01. The third-order valence-corrected chi connectivity index (χ3v) is 2.76. The summed E-state index contributed by atoms with van der Waals surface area (Å²) < 4.78 is 1.85. The van der Waals surface area contributed by atoms with E-state index in [0.717, 1.165) is 11.5 Å². The molecule has 0 radical (unpaired) electrons. The number of hydrogen-bond acceptors (Lipinski definition) is 3. The van der Waals surface area contributed by atoms with E-state index in [0.29, 0.717) is 11.4 Å². The third kappa shape index (κ3) is 2.22. The zero-order chi connectivity index (χ0) is 12.4. The van der Waals surface area contributed by atoms with Crippen LogP contribution in [0.1, 0.15) is 28.9 Å². The molecule has 0 aliphatic rings. The maximum atomic E-state index is 11.3. The molecule has 1 aromatic heterocycles. The quantitative estimate of drug-likeness (QED) is 0.620. The third-order valence-electron chi connectivity index (χ3n) is 2.52. The fourth-order valence-corrected chi connectivity index (χ4v) is 1.87. The van der Waals surface area contributed by atoms with Crippen LogP contribution in [0.3, 0.4) is 0 Å². The van der Waals surface area contributed by atoms with Crippen LogP contribution in [0.2, 0.25) is 0 Å². The average molecular weight is 250 g/mol. The van der Waals surface area contributed by atoms with Crippen LogP contribution in [0.15, 0.2) is 24.3 Å². The van der Waals surface area contributed by atoms with E-state index in [2.05, 4.69) is 10.2 Å². The largest absolute Gasteiger partial charge is 0.295 e. The van der Waals surface area contributed by atoms with Gasteiger partial charge < -0.3 is 0 Å². The summed E-state index contributed by atoms with van der Waals surface area (Å²) in [6, 6.07) is 7.34. The molecule has 2 aromatic rings. The van der Waals surface area contributed by atoms with E-state index >= 15 is 0 Å². The Morgan fingerprint density at radius 2 is 2.18 bits per heavy atom. The second-order valence-electron chi connectivity index (χ2n) is 3.74. The monoisotopic (exact) mass is 249 g/mol. The molecule has 0 unspecified atom stereocenters. The minimum atomic E-state index is 0.0324. The van der Waals surface area contributed by atoms with E-state index in [1.165, 1.54) is 0 Å². The van der Waals surface area contributed by atoms with E-state index in [1.54, 1.807) is 13.0 Å². The lowest BCUT2D eigenvalue weighted by Gasteiger charge is -2.08. The van der Waals surface area contributed by atoms with Crippen LogP contribution in [-0.2, 0) is 5.88 Å². The Labute approximate surface area is 104 Å². The summed E-state index contributed by atoms with van der Waals surface area (Å²) in [5, 5.41) is 7.96. The van der Waals surface area contributed by atoms with Crippen molar-refractivity contribution in [1.82, 2.24) is 14.8 Å². The van der Waals surface area contributed by atoms with Gasteiger partial charge in [-0.15, -0.1) is 21.8 Å². The molecule has 0 N–H and O–H groups in total. The van der Waals surface area contributed by atoms with E-state index in [9.17, 15) is 4.79 Å². The van der Waals surface area contributed by atoms with Gasteiger partial charge in [-0.05, 0) is 26.0 Å². The SMILES string of the molecule is CC(=O)c1cccc(-n2c(C)nnc2CCl)c1. The van der Waals surface area contributed by atoms with Crippen LogP contribution in [0.5, 0.6) is 0 Å². The van der Waals surface area contributed by atoms with Gasteiger partial charge >= 0.3 is 0 Å². The molecular formula is C12H12ClN3O. The molecule has 88 valence electrons. The topological polar surface area (TPSA) is 47.8 Å². The first-order valence-corrected chi connectivity index (χ1v) is 5.75. The number of benzene rings is 1. The molecule has 5 heteroatoms. The Morgan fingerprint density at radius 3 is 2.82 bits per heavy atom. The van der Waals surface area contributed by atoms with E-state index in [-0.39, 0.29) is 11.7 Å². The van der Waals surface area contributed by atoms with Crippen molar-refractivity contribution in [3.8, 4) is 5.69 Å². The van der Waals surface area contributed by atoms with Gasteiger partial charge in [-0.25, -0.2) is 0 Å². The van der Waals surface area contributed by atoms with Crippen LogP contribution in [0.25, 0.3) is 5.69 Å². The minimum absolute atomic E-state index is 0.0324. The van der Waals surface area contributed by atoms with Crippen molar-refractivity contribution in [3.05, 3.63) is 41.5 Å². The number of ketones is 1. The van der Waals surface area contributed by atoms with E-state index in [1.807, 2.05) is 29.7 Å². The van der Waals surface area contributed by atoms with E-state index < -0.39 is 0 Å². The van der Waals surface area contributed by atoms with Gasteiger partial charge in [0, 0.05) is 11.3 Å². The first-order valence-electron chi connectivity index (χ1n) is 5.21. The highest BCUT2D eigenvalue weighted by atomic mass is 35.5. The zero-order valence-corrected chi connectivity index (χ0v) is 10.4. The molecule has 1 heterocycles. The van der Waals surface area contributed by atoms with Gasteiger partial charge in [0.1, 0.15) is 5.82 Å². The molecule has 1 aromatic carbocycles. The van der Waals surface area contributed by atoms with E-state index in [4.69, 9.17) is 11.6 Å². The molecule has 0 amide bonds. The standard InChI is InChI=1S/C12H12ClN3O/c1-8(17)10-4-3-5-11(6-10)16-9(2)14-15-12(16)7-13/h3-6H,7H2,1-2H3.